The molecule has 3 rings (SSSR count). The van der Waals surface area contributed by atoms with Crippen molar-refractivity contribution in [1.29, 1.82) is 0 Å². The van der Waals surface area contributed by atoms with Crippen LogP contribution in [0.4, 0.5) is 11.5 Å². The lowest BCUT2D eigenvalue weighted by molar-refractivity contribution is -0.385. The number of nitro groups is 1. The van der Waals surface area contributed by atoms with Crippen molar-refractivity contribution >= 4 is 27.2 Å². The topological polar surface area (TPSA) is 124 Å². The van der Waals surface area contributed by atoms with Crippen LogP contribution in [0.15, 0.2) is 24.3 Å². The summed E-state index contributed by atoms with van der Waals surface area (Å²) < 4.78 is 25.0. The third-order valence-corrected chi connectivity index (χ3v) is 6.15. The average molecular weight is 378 g/mol. The van der Waals surface area contributed by atoms with E-state index >= 15 is 0 Å². The molecule has 1 atom stereocenters. The van der Waals surface area contributed by atoms with E-state index in [1.165, 1.54) is 29.8 Å². The first-order valence-electron chi connectivity index (χ1n) is 8.00. The van der Waals surface area contributed by atoms with Gasteiger partial charge < -0.3 is 5.32 Å². The van der Waals surface area contributed by atoms with Gasteiger partial charge in [-0.3, -0.25) is 14.9 Å². The molecular formula is C16H18N4O5S. The van der Waals surface area contributed by atoms with Crippen LogP contribution >= 0.6 is 0 Å². The minimum atomic E-state index is -3.10. The second-order valence-corrected chi connectivity index (χ2v) is 8.56. The normalized spacial score (nSPS) is 18.6. The fourth-order valence-electron chi connectivity index (χ4n) is 3.11. The van der Waals surface area contributed by atoms with Gasteiger partial charge in [-0.1, -0.05) is 6.07 Å². The van der Waals surface area contributed by atoms with Crippen molar-refractivity contribution < 1.29 is 18.1 Å². The van der Waals surface area contributed by atoms with Crippen LogP contribution in [0.2, 0.25) is 0 Å². The molecule has 1 aliphatic rings. The molecular weight excluding hydrogens is 360 g/mol. The van der Waals surface area contributed by atoms with E-state index in [1.54, 1.807) is 13.0 Å². The summed E-state index contributed by atoms with van der Waals surface area (Å²) in [5.41, 5.74) is 0.953. The second kappa shape index (κ2) is 6.52. The molecule has 138 valence electrons. The molecule has 0 saturated carbocycles. The molecule has 1 N–H and O–H groups in total. The summed E-state index contributed by atoms with van der Waals surface area (Å²) in [6.45, 7) is 3.26. The number of benzene rings is 1. The van der Waals surface area contributed by atoms with Gasteiger partial charge in [0, 0.05) is 23.3 Å². The van der Waals surface area contributed by atoms with Gasteiger partial charge >= 0.3 is 0 Å². The Balaban J connectivity index is 1.90. The lowest BCUT2D eigenvalue weighted by atomic mass is 10.1. The van der Waals surface area contributed by atoms with E-state index < -0.39 is 20.7 Å². The summed E-state index contributed by atoms with van der Waals surface area (Å²) in [6.07, 6.45) is 0.433. The number of carbonyl (C=O) groups is 1. The number of nitrogens with zero attached hydrogens (tertiary/aromatic N) is 3. The van der Waals surface area contributed by atoms with Gasteiger partial charge in [0.05, 0.1) is 28.2 Å². The van der Waals surface area contributed by atoms with Crippen LogP contribution in [0.3, 0.4) is 0 Å². The number of anilines is 1. The first kappa shape index (κ1) is 18.1. The van der Waals surface area contributed by atoms with Gasteiger partial charge in [0.15, 0.2) is 9.84 Å². The minimum absolute atomic E-state index is 0.0210. The average Bonchev–Trinajstić information content (AvgIpc) is 3.09. The SMILES string of the molecule is Cc1cc(NC(=O)c2cccc([N+](=O)[O-])c2C)n(C2CCS(=O)(=O)C2)n1. The van der Waals surface area contributed by atoms with Crippen molar-refractivity contribution in [2.75, 3.05) is 16.8 Å². The summed E-state index contributed by atoms with van der Waals surface area (Å²) in [5.74, 6) is -0.0606. The molecule has 9 nitrogen and oxygen atoms in total. The maximum Gasteiger partial charge on any atom is 0.273 e. The Morgan fingerprint density at radius 2 is 2.12 bits per heavy atom. The molecule has 26 heavy (non-hydrogen) atoms. The second-order valence-electron chi connectivity index (χ2n) is 6.33. The first-order chi connectivity index (χ1) is 12.2. The molecule has 1 aromatic heterocycles. The predicted molar refractivity (Wildman–Crippen MR) is 95.1 cm³/mol. The lowest BCUT2D eigenvalue weighted by Gasteiger charge is -2.14. The zero-order valence-corrected chi connectivity index (χ0v) is 15.1. The van der Waals surface area contributed by atoms with Crippen molar-refractivity contribution in [3.63, 3.8) is 0 Å². The van der Waals surface area contributed by atoms with E-state index in [2.05, 4.69) is 10.4 Å². The lowest BCUT2D eigenvalue weighted by Crippen LogP contribution is -2.20. The Labute approximate surface area is 150 Å². The van der Waals surface area contributed by atoms with Crippen LogP contribution < -0.4 is 5.32 Å². The highest BCUT2D eigenvalue weighted by atomic mass is 32.2. The van der Waals surface area contributed by atoms with E-state index in [0.717, 1.165) is 0 Å². The molecule has 1 aliphatic heterocycles. The first-order valence-corrected chi connectivity index (χ1v) is 9.82. The molecule has 1 aromatic carbocycles. The molecule has 1 unspecified atom stereocenters. The van der Waals surface area contributed by atoms with Gasteiger partial charge in [0.25, 0.3) is 11.6 Å². The molecule has 0 aliphatic carbocycles. The van der Waals surface area contributed by atoms with E-state index in [1.807, 2.05) is 0 Å². The van der Waals surface area contributed by atoms with Gasteiger partial charge in [0.1, 0.15) is 5.82 Å². The maximum atomic E-state index is 12.6. The fourth-order valence-corrected chi connectivity index (χ4v) is 4.80. The number of hydrogen-bond acceptors (Lipinski definition) is 6. The van der Waals surface area contributed by atoms with Crippen molar-refractivity contribution in [3.05, 3.63) is 51.2 Å². The number of carbonyl (C=O) groups excluding carboxylic acids is 1. The van der Waals surface area contributed by atoms with Crippen molar-refractivity contribution in [3.8, 4) is 0 Å². The van der Waals surface area contributed by atoms with Crippen molar-refractivity contribution in [1.82, 2.24) is 9.78 Å². The van der Waals surface area contributed by atoms with Crippen LogP contribution in [0.1, 0.15) is 34.1 Å². The Morgan fingerprint density at radius 1 is 1.38 bits per heavy atom. The van der Waals surface area contributed by atoms with Gasteiger partial charge in [-0.15, -0.1) is 0 Å². The van der Waals surface area contributed by atoms with E-state index in [0.29, 0.717) is 17.9 Å². The van der Waals surface area contributed by atoms with Crippen LogP contribution in [-0.4, -0.2) is 40.5 Å². The van der Waals surface area contributed by atoms with Crippen LogP contribution in [0.25, 0.3) is 0 Å². The standard InChI is InChI=1S/C16H18N4O5S/c1-10-8-15(19(18-10)12-6-7-26(24,25)9-12)17-16(21)13-4-3-5-14(11(13)2)20(22)23/h3-5,8,12H,6-7,9H2,1-2H3,(H,17,21). The molecule has 0 spiro atoms. The number of hydrogen-bond donors (Lipinski definition) is 1. The number of nitro benzene ring substituents is 1. The van der Waals surface area contributed by atoms with Gasteiger partial charge in [-0.25, -0.2) is 13.1 Å². The third kappa shape index (κ3) is 3.45. The molecule has 2 heterocycles. The van der Waals surface area contributed by atoms with Crippen LogP contribution in [0.5, 0.6) is 0 Å². The number of aryl methyl sites for hydroxylation is 1. The summed E-state index contributed by atoms with van der Waals surface area (Å²) in [7, 11) is -3.10. The molecule has 2 aromatic rings. The van der Waals surface area contributed by atoms with Crippen LogP contribution in [0, 0.1) is 24.0 Å². The molecule has 0 bridgehead atoms. The van der Waals surface area contributed by atoms with Crippen molar-refractivity contribution in [2.45, 2.75) is 26.3 Å². The predicted octanol–water partition coefficient (Wildman–Crippen LogP) is 2.02. The summed E-state index contributed by atoms with van der Waals surface area (Å²) in [4.78, 5) is 23.1. The molecule has 1 amide bonds. The smallest absolute Gasteiger partial charge is 0.273 e. The summed E-state index contributed by atoms with van der Waals surface area (Å²) >= 11 is 0. The highest BCUT2D eigenvalue weighted by Crippen LogP contribution is 2.28. The number of aromatic nitrogens is 2. The van der Waals surface area contributed by atoms with Gasteiger partial charge in [0.2, 0.25) is 0 Å². The molecule has 10 heteroatoms. The Bertz CT molecular complexity index is 996. The zero-order chi connectivity index (χ0) is 19.1. The maximum absolute atomic E-state index is 12.6. The Hall–Kier alpha value is -2.75. The van der Waals surface area contributed by atoms with E-state index in [-0.39, 0.29) is 34.4 Å². The highest BCUT2D eigenvalue weighted by molar-refractivity contribution is 7.91. The van der Waals surface area contributed by atoms with Gasteiger partial charge in [-0.05, 0) is 26.3 Å². The Morgan fingerprint density at radius 3 is 2.73 bits per heavy atom. The highest BCUT2D eigenvalue weighted by Gasteiger charge is 2.31. The summed E-state index contributed by atoms with van der Waals surface area (Å²) in [6, 6.07) is 5.60. The van der Waals surface area contributed by atoms with E-state index in [4.69, 9.17) is 0 Å². The monoisotopic (exact) mass is 378 g/mol. The number of rotatable bonds is 4. The fraction of sp³-hybridized carbons (Fsp3) is 0.375. The molecule has 0 radical (unpaired) electrons. The third-order valence-electron chi connectivity index (χ3n) is 4.40. The van der Waals surface area contributed by atoms with E-state index in [9.17, 15) is 23.3 Å². The largest absolute Gasteiger partial charge is 0.307 e. The van der Waals surface area contributed by atoms with Gasteiger partial charge in [-0.2, -0.15) is 5.10 Å². The zero-order valence-electron chi connectivity index (χ0n) is 14.3. The van der Waals surface area contributed by atoms with Crippen molar-refractivity contribution in [2.24, 2.45) is 0 Å². The quantitative estimate of drug-likeness (QED) is 0.641. The van der Waals surface area contributed by atoms with Crippen LogP contribution in [-0.2, 0) is 9.84 Å². The Kier molecular flexibility index (Phi) is 4.53. The number of nitrogens with one attached hydrogen (secondary N) is 1. The minimum Gasteiger partial charge on any atom is -0.307 e. The number of amides is 1. The number of sulfone groups is 1. The molecule has 1 saturated heterocycles. The summed E-state index contributed by atoms with van der Waals surface area (Å²) in [5, 5.41) is 18.1. The molecule has 1 fully saturated rings.